The van der Waals surface area contributed by atoms with Gasteiger partial charge in [0.25, 0.3) is 5.91 Å². The van der Waals surface area contributed by atoms with Crippen LogP contribution >= 0.6 is 0 Å². The molecule has 0 radical (unpaired) electrons. The Bertz CT molecular complexity index is 954. The lowest BCUT2D eigenvalue weighted by atomic mass is 10.1. The van der Waals surface area contributed by atoms with Crippen LogP contribution in [0.2, 0.25) is 0 Å². The summed E-state index contributed by atoms with van der Waals surface area (Å²) >= 11 is 0. The summed E-state index contributed by atoms with van der Waals surface area (Å²) in [5.41, 5.74) is 1.60. The molecule has 1 N–H and O–H groups in total. The Kier molecular flexibility index (Phi) is 5.92. The fraction of sp³-hybridized carbons (Fsp3) is 0.238. The first-order valence-electron chi connectivity index (χ1n) is 8.98. The number of hydrogen-bond acceptors (Lipinski definition) is 6. The van der Waals surface area contributed by atoms with Crippen molar-refractivity contribution in [2.24, 2.45) is 0 Å². The number of nitrogens with one attached hydrogen (secondary N) is 1. The fourth-order valence-electron chi connectivity index (χ4n) is 2.86. The highest BCUT2D eigenvalue weighted by Gasteiger charge is 2.31. The van der Waals surface area contributed by atoms with E-state index in [4.69, 9.17) is 9.47 Å². The Labute approximate surface area is 167 Å². The van der Waals surface area contributed by atoms with Gasteiger partial charge in [-0.25, -0.2) is 4.79 Å². The second-order valence-corrected chi connectivity index (χ2v) is 6.49. The van der Waals surface area contributed by atoms with Gasteiger partial charge in [-0.15, -0.1) is 0 Å². The van der Waals surface area contributed by atoms with Gasteiger partial charge in [0, 0.05) is 5.56 Å². The minimum absolute atomic E-state index is 0.0729. The lowest BCUT2D eigenvalue weighted by molar-refractivity contribution is -0.155. The number of ketones is 1. The minimum Gasteiger partial charge on any atom is -0.482 e. The van der Waals surface area contributed by atoms with Gasteiger partial charge in [0.15, 0.2) is 18.5 Å². The average Bonchev–Trinajstić information content (AvgIpc) is 2.71. The van der Waals surface area contributed by atoms with Crippen LogP contribution in [-0.4, -0.2) is 42.8 Å². The third-order valence-corrected chi connectivity index (χ3v) is 4.31. The Balaban J connectivity index is 1.57. The van der Waals surface area contributed by atoms with E-state index in [-0.39, 0.29) is 18.2 Å². The highest BCUT2D eigenvalue weighted by Crippen LogP contribution is 2.29. The predicted octanol–water partition coefficient (Wildman–Crippen LogP) is 2.18. The highest BCUT2D eigenvalue weighted by atomic mass is 16.6. The maximum absolute atomic E-state index is 12.7. The van der Waals surface area contributed by atoms with Crippen molar-refractivity contribution in [3.63, 3.8) is 0 Å². The van der Waals surface area contributed by atoms with Crippen LogP contribution in [-0.2, 0) is 19.1 Å². The summed E-state index contributed by atoms with van der Waals surface area (Å²) in [6.07, 6.45) is -1.09. The molecular formula is C21H20N2O6. The zero-order chi connectivity index (χ0) is 21.0. The van der Waals surface area contributed by atoms with Crippen molar-refractivity contribution in [2.75, 3.05) is 23.4 Å². The van der Waals surface area contributed by atoms with Crippen molar-refractivity contribution in [3.8, 4) is 5.75 Å². The van der Waals surface area contributed by atoms with Crippen molar-refractivity contribution in [2.45, 2.75) is 20.0 Å². The van der Waals surface area contributed by atoms with E-state index in [9.17, 15) is 19.2 Å². The van der Waals surface area contributed by atoms with Gasteiger partial charge in [0.05, 0.1) is 11.4 Å². The van der Waals surface area contributed by atoms with Gasteiger partial charge in [-0.1, -0.05) is 12.1 Å². The van der Waals surface area contributed by atoms with Crippen LogP contribution in [0, 0.1) is 0 Å². The SMILES string of the molecule is CC(=O)c1ccc(OCC(=O)O[C@@H](C)C(=O)N2CC(=O)Nc3ccccc32)cc1. The maximum atomic E-state index is 12.7. The molecule has 1 heterocycles. The van der Waals surface area contributed by atoms with Gasteiger partial charge in [0.1, 0.15) is 12.3 Å². The summed E-state index contributed by atoms with van der Waals surface area (Å²) < 4.78 is 10.5. The van der Waals surface area contributed by atoms with E-state index in [0.717, 1.165) is 0 Å². The first-order valence-corrected chi connectivity index (χ1v) is 8.98. The number of amides is 2. The van der Waals surface area contributed by atoms with Crippen LogP contribution in [0.1, 0.15) is 24.2 Å². The summed E-state index contributed by atoms with van der Waals surface area (Å²) in [7, 11) is 0. The van der Waals surface area contributed by atoms with Crippen LogP contribution in [0.25, 0.3) is 0 Å². The van der Waals surface area contributed by atoms with E-state index in [0.29, 0.717) is 22.7 Å². The predicted molar refractivity (Wildman–Crippen MR) is 105 cm³/mol. The molecule has 1 atom stereocenters. The monoisotopic (exact) mass is 396 g/mol. The molecule has 0 unspecified atom stereocenters. The topological polar surface area (TPSA) is 102 Å². The van der Waals surface area contributed by atoms with E-state index in [1.807, 2.05) is 0 Å². The molecule has 0 saturated carbocycles. The molecule has 1 aliphatic heterocycles. The molecule has 150 valence electrons. The number of para-hydroxylation sites is 2. The Morgan fingerprint density at radius 2 is 1.79 bits per heavy atom. The minimum atomic E-state index is -1.09. The molecule has 29 heavy (non-hydrogen) atoms. The second kappa shape index (κ2) is 8.55. The molecule has 2 aromatic rings. The van der Waals surface area contributed by atoms with E-state index in [2.05, 4.69) is 5.32 Å². The number of hydrogen-bond donors (Lipinski definition) is 1. The van der Waals surface area contributed by atoms with Crippen LogP contribution < -0.4 is 15.0 Å². The van der Waals surface area contributed by atoms with E-state index in [1.165, 1.54) is 18.7 Å². The lowest BCUT2D eigenvalue weighted by Crippen LogP contribution is -2.47. The summed E-state index contributed by atoms with van der Waals surface area (Å²) in [4.78, 5) is 49.2. The number of fused-ring (bicyclic) bond motifs is 1. The molecule has 0 fully saturated rings. The third kappa shape index (κ3) is 4.78. The van der Waals surface area contributed by atoms with Crippen molar-refractivity contribution in [1.82, 2.24) is 0 Å². The number of rotatable bonds is 6. The number of anilines is 2. The van der Waals surface area contributed by atoms with Gasteiger partial charge in [-0.2, -0.15) is 0 Å². The fourth-order valence-corrected chi connectivity index (χ4v) is 2.86. The van der Waals surface area contributed by atoms with E-state index in [1.54, 1.807) is 48.5 Å². The molecular weight excluding hydrogens is 376 g/mol. The average molecular weight is 396 g/mol. The van der Waals surface area contributed by atoms with Crippen molar-refractivity contribution in [3.05, 3.63) is 54.1 Å². The number of carbonyl (C=O) groups is 4. The molecule has 0 aliphatic carbocycles. The van der Waals surface area contributed by atoms with Gasteiger partial charge < -0.3 is 14.8 Å². The zero-order valence-corrected chi connectivity index (χ0v) is 16.0. The molecule has 2 aromatic carbocycles. The van der Waals surface area contributed by atoms with Crippen molar-refractivity contribution < 1.29 is 28.7 Å². The molecule has 1 aliphatic rings. The first kappa shape index (κ1) is 20.1. The lowest BCUT2D eigenvalue weighted by Gasteiger charge is -2.30. The molecule has 2 amide bonds. The maximum Gasteiger partial charge on any atom is 0.344 e. The normalized spacial score (nSPS) is 13.7. The van der Waals surface area contributed by atoms with Gasteiger partial charge in [0.2, 0.25) is 5.91 Å². The van der Waals surface area contributed by atoms with Gasteiger partial charge in [-0.05, 0) is 50.2 Å². The Morgan fingerprint density at radius 1 is 1.10 bits per heavy atom. The van der Waals surface area contributed by atoms with E-state index >= 15 is 0 Å². The van der Waals surface area contributed by atoms with Crippen LogP contribution in [0.3, 0.4) is 0 Å². The number of ether oxygens (including phenoxy) is 2. The van der Waals surface area contributed by atoms with Crippen molar-refractivity contribution in [1.29, 1.82) is 0 Å². The molecule has 0 spiro atoms. The molecule has 0 saturated heterocycles. The van der Waals surface area contributed by atoms with Crippen LogP contribution in [0.4, 0.5) is 11.4 Å². The molecule has 0 bridgehead atoms. The van der Waals surface area contributed by atoms with E-state index < -0.39 is 24.6 Å². The quantitative estimate of drug-likeness (QED) is 0.593. The number of benzene rings is 2. The first-order chi connectivity index (χ1) is 13.8. The highest BCUT2D eigenvalue weighted by molar-refractivity contribution is 6.11. The standard InChI is InChI=1S/C21H20N2O6/c1-13(24)15-7-9-16(10-8-15)28-12-20(26)29-14(2)21(27)23-11-19(25)22-17-5-3-4-6-18(17)23/h3-10,14H,11-12H2,1-2H3,(H,22,25)/t14-/m0/s1. The third-order valence-electron chi connectivity index (χ3n) is 4.31. The summed E-state index contributed by atoms with van der Waals surface area (Å²) in [5, 5.41) is 2.69. The summed E-state index contributed by atoms with van der Waals surface area (Å²) in [6.45, 7) is 2.35. The van der Waals surface area contributed by atoms with Gasteiger partial charge >= 0.3 is 5.97 Å². The Morgan fingerprint density at radius 3 is 2.48 bits per heavy atom. The largest absolute Gasteiger partial charge is 0.482 e. The summed E-state index contributed by atoms with van der Waals surface area (Å²) in [5.74, 6) is -1.24. The second-order valence-electron chi connectivity index (χ2n) is 6.49. The van der Waals surface area contributed by atoms with Crippen molar-refractivity contribution >= 4 is 34.9 Å². The molecule has 8 nitrogen and oxygen atoms in total. The summed E-state index contributed by atoms with van der Waals surface area (Å²) in [6, 6.07) is 13.2. The smallest absolute Gasteiger partial charge is 0.344 e. The van der Waals surface area contributed by atoms with Gasteiger partial charge in [-0.3, -0.25) is 19.3 Å². The number of nitrogens with zero attached hydrogens (tertiary/aromatic N) is 1. The number of carbonyl (C=O) groups excluding carboxylic acids is 4. The number of Topliss-reactive ketones (excluding diaryl/α,β-unsaturated/α-hetero) is 1. The van der Waals surface area contributed by atoms with Crippen LogP contribution in [0.15, 0.2) is 48.5 Å². The number of esters is 1. The zero-order valence-electron chi connectivity index (χ0n) is 16.0. The molecule has 8 heteroatoms. The molecule has 3 rings (SSSR count). The Hall–Kier alpha value is -3.68. The van der Waals surface area contributed by atoms with Crippen LogP contribution in [0.5, 0.6) is 5.75 Å². The molecule has 0 aromatic heterocycles.